The fourth-order valence-corrected chi connectivity index (χ4v) is 1.66. The Morgan fingerprint density at radius 3 is 2.78 bits per heavy atom. The average molecular weight is 257 g/mol. The number of hydrogen-bond donors (Lipinski definition) is 1. The molecule has 1 unspecified atom stereocenters. The van der Waals surface area contributed by atoms with E-state index >= 15 is 0 Å². The molecule has 1 rings (SSSR count). The molecular formula is C14H21F2NO. The topological polar surface area (TPSA) is 21.3 Å². The molecule has 0 saturated heterocycles. The average Bonchev–Trinajstić information content (AvgIpc) is 2.33. The zero-order chi connectivity index (χ0) is 13.4. The van der Waals surface area contributed by atoms with Gasteiger partial charge in [-0.1, -0.05) is 6.92 Å². The molecule has 18 heavy (non-hydrogen) atoms. The number of halogens is 2. The fraction of sp³-hybridized carbons (Fsp3) is 0.571. The van der Waals surface area contributed by atoms with Gasteiger partial charge in [-0.25, -0.2) is 8.78 Å². The van der Waals surface area contributed by atoms with Gasteiger partial charge in [-0.15, -0.1) is 0 Å². The molecule has 0 aliphatic carbocycles. The molecule has 0 amide bonds. The first kappa shape index (κ1) is 14.9. The van der Waals surface area contributed by atoms with Crippen LogP contribution >= 0.6 is 0 Å². The Labute approximate surface area is 107 Å². The number of benzene rings is 1. The lowest BCUT2D eigenvalue weighted by Gasteiger charge is -2.15. The van der Waals surface area contributed by atoms with Crippen molar-refractivity contribution in [2.45, 2.75) is 39.2 Å². The molecule has 0 bridgehead atoms. The summed E-state index contributed by atoms with van der Waals surface area (Å²) in [5, 5.41) is 3.29. The van der Waals surface area contributed by atoms with Gasteiger partial charge < -0.3 is 10.1 Å². The van der Waals surface area contributed by atoms with Gasteiger partial charge >= 0.3 is 0 Å². The molecule has 0 fully saturated rings. The maximum Gasteiger partial charge on any atom is 0.165 e. The minimum atomic E-state index is -0.521. The van der Waals surface area contributed by atoms with E-state index in [0.29, 0.717) is 0 Å². The SMILES string of the molecule is CCCNCCCC(C)Oc1cc(F)ccc1F. The van der Waals surface area contributed by atoms with E-state index in [0.717, 1.165) is 50.6 Å². The molecule has 0 heterocycles. The highest BCUT2D eigenvalue weighted by molar-refractivity contribution is 5.25. The maximum atomic E-state index is 13.3. The third-order valence-electron chi connectivity index (χ3n) is 2.61. The van der Waals surface area contributed by atoms with E-state index in [1.165, 1.54) is 0 Å². The minimum absolute atomic E-state index is 0.0102. The molecule has 1 atom stereocenters. The first-order valence-electron chi connectivity index (χ1n) is 6.46. The predicted molar refractivity (Wildman–Crippen MR) is 68.8 cm³/mol. The van der Waals surface area contributed by atoms with Gasteiger partial charge in [-0.3, -0.25) is 0 Å². The predicted octanol–water partition coefficient (Wildman–Crippen LogP) is 3.51. The molecule has 0 aliphatic rings. The van der Waals surface area contributed by atoms with Crippen LogP contribution in [0.15, 0.2) is 18.2 Å². The van der Waals surface area contributed by atoms with Gasteiger partial charge in [0, 0.05) is 6.07 Å². The van der Waals surface area contributed by atoms with Crippen molar-refractivity contribution >= 4 is 0 Å². The number of nitrogens with one attached hydrogen (secondary N) is 1. The standard InChI is InChI=1S/C14H21F2NO/c1-3-8-17-9-4-5-11(2)18-14-10-12(15)6-7-13(14)16/h6-7,10-11,17H,3-5,8-9H2,1-2H3. The monoisotopic (exact) mass is 257 g/mol. The molecule has 4 heteroatoms. The van der Waals surface area contributed by atoms with Crippen LogP contribution in [0.1, 0.15) is 33.1 Å². The van der Waals surface area contributed by atoms with Crippen LogP contribution < -0.4 is 10.1 Å². The number of hydrogen-bond acceptors (Lipinski definition) is 2. The van der Waals surface area contributed by atoms with Gasteiger partial charge in [0.25, 0.3) is 0 Å². The Morgan fingerprint density at radius 1 is 1.28 bits per heavy atom. The van der Waals surface area contributed by atoms with E-state index in [9.17, 15) is 8.78 Å². The van der Waals surface area contributed by atoms with Crippen molar-refractivity contribution in [3.63, 3.8) is 0 Å². The van der Waals surface area contributed by atoms with Crippen LogP contribution in [0.3, 0.4) is 0 Å². The maximum absolute atomic E-state index is 13.3. The second kappa shape index (κ2) is 8.03. The fourth-order valence-electron chi connectivity index (χ4n) is 1.66. The highest BCUT2D eigenvalue weighted by Crippen LogP contribution is 2.20. The second-order valence-electron chi connectivity index (χ2n) is 4.40. The molecule has 1 aromatic carbocycles. The summed E-state index contributed by atoms with van der Waals surface area (Å²) in [5.74, 6) is -1.01. The van der Waals surface area contributed by atoms with E-state index in [4.69, 9.17) is 4.74 Å². The summed E-state index contributed by atoms with van der Waals surface area (Å²) in [7, 11) is 0. The zero-order valence-electron chi connectivity index (χ0n) is 11.0. The normalized spacial score (nSPS) is 12.4. The molecule has 0 aromatic heterocycles. The first-order valence-corrected chi connectivity index (χ1v) is 6.46. The third kappa shape index (κ3) is 5.45. The summed E-state index contributed by atoms with van der Waals surface area (Å²) in [6.45, 7) is 5.91. The summed E-state index contributed by atoms with van der Waals surface area (Å²) in [6, 6.07) is 3.25. The van der Waals surface area contributed by atoms with Gasteiger partial charge in [0.2, 0.25) is 0 Å². The van der Waals surface area contributed by atoms with Gasteiger partial charge in [0.15, 0.2) is 11.6 Å². The zero-order valence-corrected chi connectivity index (χ0v) is 11.0. The van der Waals surface area contributed by atoms with E-state index in [2.05, 4.69) is 12.2 Å². The summed E-state index contributed by atoms with van der Waals surface area (Å²) in [6.07, 6.45) is 2.76. The van der Waals surface area contributed by atoms with Crippen molar-refractivity contribution < 1.29 is 13.5 Å². The van der Waals surface area contributed by atoms with Crippen LogP contribution in [-0.4, -0.2) is 19.2 Å². The lowest BCUT2D eigenvalue weighted by atomic mass is 10.2. The van der Waals surface area contributed by atoms with Crippen molar-refractivity contribution in [1.29, 1.82) is 0 Å². The molecule has 0 saturated carbocycles. The van der Waals surface area contributed by atoms with Crippen molar-refractivity contribution in [3.05, 3.63) is 29.8 Å². The molecule has 2 nitrogen and oxygen atoms in total. The second-order valence-corrected chi connectivity index (χ2v) is 4.40. The van der Waals surface area contributed by atoms with Crippen LogP contribution in [0.5, 0.6) is 5.75 Å². The van der Waals surface area contributed by atoms with Crippen LogP contribution in [0.25, 0.3) is 0 Å². The lowest BCUT2D eigenvalue weighted by Crippen LogP contribution is -2.19. The van der Waals surface area contributed by atoms with Crippen molar-refractivity contribution in [1.82, 2.24) is 5.32 Å². The highest BCUT2D eigenvalue weighted by Gasteiger charge is 2.09. The Kier molecular flexibility index (Phi) is 6.65. The van der Waals surface area contributed by atoms with Crippen molar-refractivity contribution in [2.75, 3.05) is 13.1 Å². The van der Waals surface area contributed by atoms with Crippen LogP contribution in [0.2, 0.25) is 0 Å². The molecule has 102 valence electrons. The Hall–Kier alpha value is -1.16. The van der Waals surface area contributed by atoms with E-state index < -0.39 is 11.6 Å². The van der Waals surface area contributed by atoms with Crippen molar-refractivity contribution in [3.8, 4) is 5.75 Å². The Bertz CT molecular complexity index is 358. The Balaban J connectivity index is 2.30. The minimum Gasteiger partial charge on any atom is -0.488 e. The van der Waals surface area contributed by atoms with E-state index in [1.54, 1.807) is 0 Å². The van der Waals surface area contributed by atoms with Gasteiger partial charge in [-0.2, -0.15) is 0 Å². The summed E-state index contributed by atoms with van der Waals surface area (Å²) in [5.41, 5.74) is 0. The largest absolute Gasteiger partial charge is 0.488 e. The third-order valence-corrected chi connectivity index (χ3v) is 2.61. The molecule has 0 radical (unpaired) electrons. The van der Waals surface area contributed by atoms with Crippen LogP contribution in [0, 0.1) is 11.6 Å². The summed E-state index contributed by atoms with van der Waals surface area (Å²) in [4.78, 5) is 0. The van der Waals surface area contributed by atoms with Crippen molar-refractivity contribution in [2.24, 2.45) is 0 Å². The van der Waals surface area contributed by atoms with Gasteiger partial charge in [0.05, 0.1) is 6.10 Å². The van der Waals surface area contributed by atoms with Gasteiger partial charge in [0.1, 0.15) is 5.82 Å². The Morgan fingerprint density at radius 2 is 2.06 bits per heavy atom. The van der Waals surface area contributed by atoms with E-state index in [-0.39, 0.29) is 11.9 Å². The smallest absolute Gasteiger partial charge is 0.165 e. The molecule has 1 aromatic rings. The van der Waals surface area contributed by atoms with Crippen LogP contribution in [-0.2, 0) is 0 Å². The molecule has 0 spiro atoms. The van der Waals surface area contributed by atoms with E-state index in [1.807, 2.05) is 6.92 Å². The molecule has 1 N–H and O–H groups in total. The molecule has 0 aliphatic heterocycles. The highest BCUT2D eigenvalue weighted by atomic mass is 19.1. The first-order chi connectivity index (χ1) is 8.63. The number of ether oxygens (including phenoxy) is 1. The number of rotatable bonds is 8. The van der Waals surface area contributed by atoms with Gasteiger partial charge in [-0.05, 0) is 51.4 Å². The lowest BCUT2D eigenvalue weighted by molar-refractivity contribution is 0.197. The summed E-state index contributed by atoms with van der Waals surface area (Å²) >= 11 is 0. The molecular weight excluding hydrogens is 236 g/mol. The van der Waals surface area contributed by atoms with Crippen LogP contribution in [0.4, 0.5) is 8.78 Å². The summed E-state index contributed by atoms with van der Waals surface area (Å²) < 4.78 is 31.6. The quantitative estimate of drug-likeness (QED) is 0.719.